The van der Waals surface area contributed by atoms with Gasteiger partial charge in [-0.05, 0) is 23.8 Å². The first-order valence-corrected chi connectivity index (χ1v) is 5.77. The summed E-state index contributed by atoms with van der Waals surface area (Å²) < 4.78 is 5.12. The Morgan fingerprint density at radius 3 is 2.50 bits per heavy atom. The summed E-state index contributed by atoms with van der Waals surface area (Å²) in [6.45, 7) is 0.563. The first-order valence-electron chi connectivity index (χ1n) is 5.77. The maximum absolute atomic E-state index is 5.59. The molecule has 0 bridgehead atoms. The van der Waals surface area contributed by atoms with Gasteiger partial charge in [-0.15, -0.1) is 0 Å². The molecule has 1 heterocycles. The third kappa shape index (κ3) is 2.60. The highest BCUT2D eigenvalue weighted by Crippen LogP contribution is 2.25. The maximum atomic E-state index is 5.59. The number of hydrogen-bond acceptors (Lipinski definition) is 4. The lowest BCUT2D eigenvalue weighted by Crippen LogP contribution is -2.10. The number of nitrogens with two attached hydrogens (primary N) is 1. The van der Waals surface area contributed by atoms with Crippen molar-refractivity contribution in [2.45, 2.75) is 6.54 Å². The molecule has 4 heteroatoms. The van der Waals surface area contributed by atoms with Gasteiger partial charge < -0.3 is 15.4 Å². The Balaban J connectivity index is 2.25. The molecular formula is C14H17N3O. The zero-order chi connectivity index (χ0) is 13.0. The molecule has 1 aromatic heterocycles. The summed E-state index contributed by atoms with van der Waals surface area (Å²) in [4.78, 5) is 6.17. The first-order chi connectivity index (χ1) is 8.74. The van der Waals surface area contributed by atoms with E-state index in [1.807, 2.05) is 31.3 Å². The van der Waals surface area contributed by atoms with Gasteiger partial charge in [-0.1, -0.05) is 12.1 Å². The van der Waals surface area contributed by atoms with Crippen molar-refractivity contribution in [1.82, 2.24) is 4.98 Å². The molecule has 0 atom stereocenters. The maximum Gasteiger partial charge on any atom is 0.214 e. The highest BCUT2D eigenvalue weighted by atomic mass is 16.5. The summed E-state index contributed by atoms with van der Waals surface area (Å²) in [5.41, 5.74) is 8.84. The molecule has 94 valence electrons. The molecule has 0 amide bonds. The second-order valence-electron chi connectivity index (χ2n) is 3.99. The van der Waals surface area contributed by atoms with Crippen molar-refractivity contribution in [3.63, 3.8) is 0 Å². The van der Waals surface area contributed by atoms with Crippen molar-refractivity contribution < 1.29 is 4.74 Å². The third-order valence-corrected chi connectivity index (χ3v) is 2.87. The minimum absolute atomic E-state index is 0.563. The lowest BCUT2D eigenvalue weighted by molar-refractivity contribution is 0.398. The van der Waals surface area contributed by atoms with Crippen molar-refractivity contribution in [2.75, 3.05) is 19.1 Å². The number of ether oxygens (including phenoxy) is 1. The van der Waals surface area contributed by atoms with Crippen LogP contribution in [-0.2, 0) is 6.54 Å². The van der Waals surface area contributed by atoms with E-state index < -0.39 is 0 Å². The lowest BCUT2D eigenvalue weighted by Gasteiger charge is -2.20. The standard InChI is InChI=1S/C14H17N3O/c1-17(12-5-3-11(10-15)4-6-12)13-7-8-16-14(9-13)18-2/h3-9H,10,15H2,1-2H3. The predicted octanol–water partition coefficient (Wildman–Crippen LogP) is 2.32. The summed E-state index contributed by atoms with van der Waals surface area (Å²) in [6.07, 6.45) is 1.74. The van der Waals surface area contributed by atoms with Crippen molar-refractivity contribution in [3.05, 3.63) is 48.2 Å². The van der Waals surface area contributed by atoms with Gasteiger partial charge in [-0.25, -0.2) is 4.98 Å². The van der Waals surface area contributed by atoms with Crippen molar-refractivity contribution in [2.24, 2.45) is 5.73 Å². The number of nitrogens with zero attached hydrogens (tertiary/aromatic N) is 2. The normalized spacial score (nSPS) is 10.2. The molecule has 2 aromatic rings. The largest absolute Gasteiger partial charge is 0.481 e. The molecule has 0 unspecified atom stereocenters. The van der Waals surface area contributed by atoms with E-state index in [4.69, 9.17) is 10.5 Å². The summed E-state index contributed by atoms with van der Waals surface area (Å²) in [6, 6.07) is 12.0. The van der Waals surface area contributed by atoms with E-state index in [1.54, 1.807) is 13.3 Å². The number of aromatic nitrogens is 1. The van der Waals surface area contributed by atoms with Gasteiger partial charge in [-0.2, -0.15) is 0 Å². The SMILES string of the molecule is COc1cc(N(C)c2ccc(CN)cc2)ccn1. The van der Waals surface area contributed by atoms with Crippen molar-refractivity contribution in [3.8, 4) is 5.88 Å². The van der Waals surface area contributed by atoms with E-state index in [0.717, 1.165) is 16.9 Å². The van der Waals surface area contributed by atoms with E-state index in [9.17, 15) is 0 Å². The molecule has 0 aliphatic carbocycles. The fourth-order valence-corrected chi connectivity index (χ4v) is 1.72. The molecule has 0 radical (unpaired) electrons. The molecule has 1 aromatic carbocycles. The summed E-state index contributed by atoms with van der Waals surface area (Å²) in [7, 11) is 3.62. The fraction of sp³-hybridized carbons (Fsp3) is 0.214. The van der Waals surface area contributed by atoms with Crippen molar-refractivity contribution >= 4 is 11.4 Å². The van der Waals surface area contributed by atoms with Gasteiger partial charge in [-0.3, -0.25) is 0 Å². The van der Waals surface area contributed by atoms with E-state index >= 15 is 0 Å². The lowest BCUT2D eigenvalue weighted by atomic mass is 10.2. The van der Waals surface area contributed by atoms with Gasteiger partial charge in [0.05, 0.1) is 7.11 Å². The molecule has 0 saturated heterocycles. The summed E-state index contributed by atoms with van der Waals surface area (Å²) >= 11 is 0. The van der Waals surface area contributed by atoms with Crippen LogP contribution in [0, 0.1) is 0 Å². The summed E-state index contributed by atoms with van der Waals surface area (Å²) in [5.74, 6) is 0.609. The number of benzene rings is 1. The predicted molar refractivity (Wildman–Crippen MR) is 73.2 cm³/mol. The molecule has 2 rings (SSSR count). The topological polar surface area (TPSA) is 51.4 Å². The fourth-order valence-electron chi connectivity index (χ4n) is 1.72. The average molecular weight is 243 g/mol. The van der Waals surface area contributed by atoms with Crippen LogP contribution in [0.2, 0.25) is 0 Å². The van der Waals surface area contributed by atoms with Gasteiger partial charge in [0.1, 0.15) is 0 Å². The van der Waals surface area contributed by atoms with Crippen LogP contribution in [0.1, 0.15) is 5.56 Å². The molecule has 2 N–H and O–H groups in total. The second kappa shape index (κ2) is 5.51. The molecule has 0 aliphatic rings. The van der Waals surface area contributed by atoms with E-state index in [1.165, 1.54) is 0 Å². The molecule has 4 nitrogen and oxygen atoms in total. The quantitative estimate of drug-likeness (QED) is 0.895. The molecule has 18 heavy (non-hydrogen) atoms. The zero-order valence-corrected chi connectivity index (χ0v) is 10.6. The van der Waals surface area contributed by atoms with Crippen LogP contribution < -0.4 is 15.4 Å². The first kappa shape index (κ1) is 12.4. The van der Waals surface area contributed by atoms with Crippen LogP contribution in [0.15, 0.2) is 42.6 Å². The highest BCUT2D eigenvalue weighted by molar-refractivity contribution is 5.63. The molecule has 0 fully saturated rings. The van der Waals surface area contributed by atoms with Crippen LogP contribution in [0.25, 0.3) is 0 Å². The van der Waals surface area contributed by atoms with E-state index in [-0.39, 0.29) is 0 Å². The molecular weight excluding hydrogens is 226 g/mol. The Hall–Kier alpha value is -2.07. The van der Waals surface area contributed by atoms with Crippen molar-refractivity contribution in [1.29, 1.82) is 0 Å². The Labute approximate surface area is 107 Å². The minimum atomic E-state index is 0.563. The molecule has 0 aliphatic heterocycles. The number of pyridine rings is 1. The minimum Gasteiger partial charge on any atom is -0.481 e. The number of rotatable bonds is 4. The van der Waals surface area contributed by atoms with E-state index in [0.29, 0.717) is 12.4 Å². The van der Waals surface area contributed by atoms with Crippen LogP contribution in [0.4, 0.5) is 11.4 Å². The van der Waals surface area contributed by atoms with Gasteiger partial charge in [0.25, 0.3) is 0 Å². The number of methoxy groups -OCH3 is 1. The Kier molecular flexibility index (Phi) is 3.79. The molecule has 0 saturated carbocycles. The average Bonchev–Trinajstić information content (AvgIpc) is 2.46. The van der Waals surface area contributed by atoms with Crippen LogP contribution >= 0.6 is 0 Å². The van der Waals surface area contributed by atoms with Gasteiger partial charge in [0, 0.05) is 37.2 Å². The van der Waals surface area contributed by atoms with Gasteiger partial charge in [0.15, 0.2) is 0 Å². The third-order valence-electron chi connectivity index (χ3n) is 2.87. The summed E-state index contributed by atoms with van der Waals surface area (Å²) in [5, 5.41) is 0. The van der Waals surface area contributed by atoms with Crippen LogP contribution in [-0.4, -0.2) is 19.1 Å². The van der Waals surface area contributed by atoms with Crippen LogP contribution in [0.5, 0.6) is 5.88 Å². The second-order valence-corrected chi connectivity index (χ2v) is 3.99. The highest BCUT2D eigenvalue weighted by Gasteiger charge is 2.05. The smallest absolute Gasteiger partial charge is 0.214 e. The van der Waals surface area contributed by atoms with Gasteiger partial charge in [0.2, 0.25) is 5.88 Å². The Morgan fingerprint density at radius 2 is 1.89 bits per heavy atom. The van der Waals surface area contributed by atoms with Gasteiger partial charge >= 0.3 is 0 Å². The van der Waals surface area contributed by atoms with E-state index in [2.05, 4.69) is 22.0 Å². The Morgan fingerprint density at radius 1 is 1.17 bits per heavy atom. The number of hydrogen-bond donors (Lipinski definition) is 1. The molecule has 0 spiro atoms. The zero-order valence-electron chi connectivity index (χ0n) is 10.6. The Bertz CT molecular complexity index is 511. The van der Waals surface area contributed by atoms with Crippen LogP contribution in [0.3, 0.4) is 0 Å². The number of anilines is 2. The monoisotopic (exact) mass is 243 g/mol.